The van der Waals surface area contributed by atoms with Crippen molar-refractivity contribution in [3.8, 4) is 0 Å². The number of hydrogen-bond donors (Lipinski definition) is 1. The van der Waals surface area contributed by atoms with Gasteiger partial charge in [-0.3, -0.25) is 4.79 Å². The lowest BCUT2D eigenvalue weighted by Crippen LogP contribution is -2.47. The number of carbonyl (C=O) groups is 1. The highest BCUT2D eigenvalue weighted by molar-refractivity contribution is 6.18. The number of benzene rings is 1. The zero-order chi connectivity index (χ0) is 14.7. The molecule has 0 saturated carbocycles. The van der Waals surface area contributed by atoms with Crippen molar-refractivity contribution in [3.05, 3.63) is 35.4 Å². The van der Waals surface area contributed by atoms with Gasteiger partial charge in [0.2, 0.25) is 0 Å². The molecule has 1 atom stereocenters. The minimum absolute atomic E-state index is 0.128. The maximum absolute atomic E-state index is 12.8. The first-order valence-electron chi connectivity index (χ1n) is 5.78. The lowest BCUT2D eigenvalue weighted by Gasteiger charge is -2.27. The van der Waals surface area contributed by atoms with Gasteiger partial charge in [0.05, 0.1) is 16.7 Å². The van der Waals surface area contributed by atoms with Gasteiger partial charge in [-0.2, -0.15) is 13.2 Å². The molecular weight excluding hydrogens is 279 g/mol. The Balaban J connectivity index is 3.08. The molecule has 0 saturated heterocycles. The first-order chi connectivity index (χ1) is 8.73. The third kappa shape index (κ3) is 3.86. The highest BCUT2D eigenvalue weighted by Crippen LogP contribution is 2.32. The molecule has 1 rings (SSSR count). The molecule has 2 nitrogen and oxygen atoms in total. The summed E-state index contributed by atoms with van der Waals surface area (Å²) in [6.45, 7) is 3.49. The van der Waals surface area contributed by atoms with Gasteiger partial charge in [-0.15, -0.1) is 11.6 Å². The van der Waals surface area contributed by atoms with Crippen molar-refractivity contribution in [2.75, 3.05) is 5.88 Å². The van der Waals surface area contributed by atoms with Crippen LogP contribution in [0.15, 0.2) is 24.3 Å². The molecule has 0 radical (unpaired) electrons. The zero-order valence-electron chi connectivity index (χ0n) is 10.6. The first kappa shape index (κ1) is 15.8. The molecule has 0 spiro atoms. The fraction of sp³-hybridized carbons (Fsp3) is 0.462. The van der Waals surface area contributed by atoms with Crippen molar-refractivity contribution in [3.63, 3.8) is 0 Å². The van der Waals surface area contributed by atoms with Crippen molar-refractivity contribution in [2.45, 2.75) is 32.0 Å². The van der Waals surface area contributed by atoms with Crippen molar-refractivity contribution in [2.24, 2.45) is 0 Å². The number of amides is 1. The highest BCUT2D eigenvalue weighted by Gasteiger charge is 2.36. The number of alkyl halides is 4. The van der Waals surface area contributed by atoms with E-state index in [1.54, 1.807) is 13.8 Å². The Kier molecular flexibility index (Phi) is 4.85. The van der Waals surface area contributed by atoms with E-state index in [1.807, 2.05) is 0 Å². The summed E-state index contributed by atoms with van der Waals surface area (Å²) in [4.78, 5) is 12.0. The van der Waals surface area contributed by atoms with Gasteiger partial charge in [-0.25, -0.2) is 0 Å². The van der Waals surface area contributed by atoms with E-state index in [1.165, 1.54) is 12.1 Å². The molecule has 0 heterocycles. The summed E-state index contributed by atoms with van der Waals surface area (Å²) in [5, 5.41) is 2.55. The maximum Gasteiger partial charge on any atom is 0.417 e. The lowest BCUT2D eigenvalue weighted by atomic mass is 9.99. The molecule has 0 aliphatic carbocycles. The van der Waals surface area contributed by atoms with Crippen LogP contribution in [0.2, 0.25) is 0 Å². The summed E-state index contributed by atoms with van der Waals surface area (Å²) in [5.41, 5.74) is -2.06. The van der Waals surface area contributed by atoms with Gasteiger partial charge in [0.25, 0.3) is 5.91 Å². The smallest absolute Gasteiger partial charge is 0.346 e. The highest BCUT2D eigenvalue weighted by atomic mass is 35.5. The Morgan fingerprint density at radius 2 is 1.89 bits per heavy atom. The van der Waals surface area contributed by atoms with Crippen LogP contribution in [0.5, 0.6) is 0 Å². The monoisotopic (exact) mass is 293 g/mol. The summed E-state index contributed by atoms with van der Waals surface area (Å²) in [5.74, 6) is -0.637. The van der Waals surface area contributed by atoms with E-state index in [9.17, 15) is 18.0 Å². The van der Waals surface area contributed by atoms with Crippen LogP contribution in [0, 0.1) is 0 Å². The molecule has 6 heteroatoms. The number of hydrogen-bond acceptors (Lipinski definition) is 1. The van der Waals surface area contributed by atoms with E-state index in [-0.39, 0.29) is 11.4 Å². The Morgan fingerprint density at radius 1 is 1.32 bits per heavy atom. The number of carbonyl (C=O) groups excluding carboxylic acids is 1. The Hall–Kier alpha value is -1.23. The second-order valence-electron chi connectivity index (χ2n) is 4.55. The normalized spacial score (nSPS) is 14.8. The van der Waals surface area contributed by atoms with E-state index in [2.05, 4.69) is 5.32 Å². The van der Waals surface area contributed by atoms with E-state index in [4.69, 9.17) is 11.6 Å². The van der Waals surface area contributed by atoms with Gasteiger partial charge in [0.1, 0.15) is 0 Å². The summed E-state index contributed by atoms with van der Waals surface area (Å²) in [6, 6.07) is 4.69. The van der Waals surface area contributed by atoms with Crippen LogP contribution >= 0.6 is 11.6 Å². The molecule has 0 aliphatic rings. The summed E-state index contributed by atoms with van der Waals surface area (Å²) >= 11 is 5.73. The van der Waals surface area contributed by atoms with Crippen LogP contribution in [-0.4, -0.2) is 17.3 Å². The molecule has 106 valence electrons. The van der Waals surface area contributed by atoms with Gasteiger partial charge in [-0.05, 0) is 25.5 Å². The summed E-state index contributed by atoms with van der Waals surface area (Å²) in [7, 11) is 0. The van der Waals surface area contributed by atoms with E-state index in [0.29, 0.717) is 6.42 Å². The lowest BCUT2D eigenvalue weighted by molar-refractivity contribution is -0.137. The Morgan fingerprint density at radius 3 is 2.37 bits per heavy atom. The average Bonchev–Trinajstić information content (AvgIpc) is 2.37. The Bertz CT molecular complexity index is 455. The number of halogens is 4. The molecule has 1 unspecified atom stereocenters. The van der Waals surface area contributed by atoms with Gasteiger partial charge in [-0.1, -0.05) is 19.1 Å². The zero-order valence-corrected chi connectivity index (χ0v) is 11.4. The van der Waals surface area contributed by atoms with E-state index in [0.717, 1.165) is 12.1 Å². The molecule has 0 aromatic heterocycles. The fourth-order valence-electron chi connectivity index (χ4n) is 1.49. The maximum atomic E-state index is 12.8. The SMILES string of the molecule is CCC(C)(CCl)NC(=O)c1ccccc1C(F)(F)F. The molecule has 19 heavy (non-hydrogen) atoms. The fourth-order valence-corrected chi connectivity index (χ4v) is 1.74. The molecule has 1 aromatic rings. The largest absolute Gasteiger partial charge is 0.417 e. The predicted octanol–water partition coefficient (Wildman–Crippen LogP) is 3.84. The van der Waals surface area contributed by atoms with Crippen LogP contribution in [0.3, 0.4) is 0 Å². The molecule has 0 fully saturated rings. The average molecular weight is 294 g/mol. The van der Waals surface area contributed by atoms with Crippen LogP contribution in [0.4, 0.5) is 13.2 Å². The molecule has 0 aliphatic heterocycles. The van der Waals surface area contributed by atoms with Crippen molar-refractivity contribution < 1.29 is 18.0 Å². The van der Waals surface area contributed by atoms with E-state index < -0.39 is 23.2 Å². The first-order valence-corrected chi connectivity index (χ1v) is 6.31. The predicted molar refractivity (Wildman–Crippen MR) is 68.3 cm³/mol. The van der Waals surface area contributed by atoms with Crippen LogP contribution in [-0.2, 0) is 6.18 Å². The van der Waals surface area contributed by atoms with Crippen LogP contribution in [0.1, 0.15) is 36.2 Å². The minimum Gasteiger partial charge on any atom is -0.346 e. The second-order valence-corrected chi connectivity index (χ2v) is 4.81. The third-order valence-corrected chi connectivity index (χ3v) is 3.56. The van der Waals surface area contributed by atoms with Gasteiger partial charge in [0.15, 0.2) is 0 Å². The van der Waals surface area contributed by atoms with Gasteiger partial charge < -0.3 is 5.32 Å². The quantitative estimate of drug-likeness (QED) is 0.840. The van der Waals surface area contributed by atoms with Crippen molar-refractivity contribution in [1.29, 1.82) is 0 Å². The Labute approximate surface area is 114 Å². The number of nitrogens with one attached hydrogen (secondary N) is 1. The minimum atomic E-state index is -4.56. The van der Waals surface area contributed by atoms with Crippen molar-refractivity contribution in [1.82, 2.24) is 5.32 Å². The van der Waals surface area contributed by atoms with Gasteiger partial charge in [0, 0.05) is 5.88 Å². The van der Waals surface area contributed by atoms with Crippen LogP contribution < -0.4 is 5.32 Å². The summed E-state index contributed by atoms with van der Waals surface area (Å²) < 4.78 is 38.4. The second kappa shape index (κ2) is 5.82. The van der Waals surface area contributed by atoms with Gasteiger partial charge >= 0.3 is 6.18 Å². The van der Waals surface area contributed by atoms with E-state index >= 15 is 0 Å². The molecular formula is C13H15ClF3NO. The van der Waals surface area contributed by atoms with Crippen LogP contribution in [0.25, 0.3) is 0 Å². The standard InChI is InChI=1S/C13H15ClF3NO/c1-3-12(2,8-14)18-11(19)9-6-4-5-7-10(9)13(15,16)17/h4-7H,3,8H2,1-2H3,(H,18,19). The molecule has 1 N–H and O–H groups in total. The molecule has 1 aromatic carbocycles. The number of rotatable bonds is 4. The third-order valence-electron chi connectivity index (χ3n) is 2.97. The topological polar surface area (TPSA) is 29.1 Å². The summed E-state index contributed by atoms with van der Waals surface area (Å²) in [6.07, 6.45) is -4.03. The van der Waals surface area contributed by atoms with Crippen molar-refractivity contribution >= 4 is 17.5 Å². The molecule has 1 amide bonds. The molecule has 0 bridgehead atoms.